The van der Waals surface area contributed by atoms with Crippen LogP contribution in [0.3, 0.4) is 0 Å². The molecule has 7 nitrogen and oxygen atoms in total. The van der Waals surface area contributed by atoms with Crippen molar-refractivity contribution in [2.75, 3.05) is 28.2 Å². The summed E-state index contributed by atoms with van der Waals surface area (Å²) in [6.07, 6.45) is 39.1. The van der Waals surface area contributed by atoms with Crippen molar-refractivity contribution in [1.82, 2.24) is 35.6 Å². The van der Waals surface area contributed by atoms with Crippen molar-refractivity contribution >= 4 is 0 Å². The van der Waals surface area contributed by atoms with Crippen LogP contribution < -0.4 is 16.0 Å². The van der Waals surface area contributed by atoms with Gasteiger partial charge in [-0.05, 0) is 506 Å². The quantitative estimate of drug-likeness (QED) is 0.119. The summed E-state index contributed by atoms with van der Waals surface area (Å²) in [5.41, 5.74) is 20.3. The molecule has 0 bridgehead atoms. The van der Waals surface area contributed by atoms with Crippen molar-refractivity contribution in [3.8, 4) is 22.3 Å². The lowest BCUT2D eigenvalue weighted by Crippen LogP contribution is -2.48. The molecule has 7 saturated heterocycles. The minimum Gasteiger partial charge on any atom is -0.307 e. The predicted molar refractivity (Wildman–Crippen MR) is 611 cm³/mol. The van der Waals surface area contributed by atoms with E-state index in [1.807, 2.05) is 0 Å². The van der Waals surface area contributed by atoms with Gasteiger partial charge >= 0.3 is 0 Å². The van der Waals surface area contributed by atoms with Gasteiger partial charge in [-0.3, -0.25) is 19.6 Å². The highest BCUT2D eigenvalue weighted by molar-refractivity contribution is 5.65. The van der Waals surface area contributed by atoms with E-state index in [0.717, 1.165) is 76.9 Å². The fourth-order valence-corrected chi connectivity index (χ4v) is 31.6. The Hall–Kier alpha value is -4.96. The van der Waals surface area contributed by atoms with Crippen LogP contribution in [0.4, 0.5) is 0 Å². The van der Waals surface area contributed by atoms with Gasteiger partial charge in [-0.2, -0.15) is 0 Å². The Balaban J connectivity index is 0.000000147. The van der Waals surface area contributed by atoms with Gasteiger partial charge in [0.25, 0.3) is 0 Å². The fraction of sp³-hybridized carbons (Fsp3) is 0.729. The Labute approximate surface area is 864 Å². The van der Waals surface area contributed by atoms with Crippen LogP contribution in [0.25, 0.3) is 22.3 Å². The van der Waals surface area contributed by atoms with Crippen molar-refractivity contribution in [3.63, 3.8) is 0 Å². The molecule has 5 aliphatic carbocycles. The molecule has 18 rings (SSSR count). The molecule has 6 aromatic carbocycles. The predicted octanol–water partition coefficient (Wildman–Crippen LogP) is 34.8. The van der Waals surface area contributed by atoms with Crippen molar-refractivity contribution in [1.29, 1.82) is 0 Å². The number of benzene rings is 6. The second-order valence-electron chi connectivity index (χ2n) is 58.0. The molecule has 782 valence electrons. The first-order valence-electron chi connectivity index (χ1n) is 57.6. The molecule has 7 heterocycles. The van der Waals surface area contributed by atoms with E-state index in [4.69, 9.17) is 0 Å². The largest absolute Gasteiger partial charge is 0.307 e. The molecular weight excluding hydrogens is 1700 g/mol. The highest BCUT2D eigenvalue weighted by atomic mass is 15.3. The zero-order valence-electron chi connectivity index (χ0n) is 98.1. The van der Waals surface area contributed by atoms with E-state index in [1.165, 1.54) is 240 Å². The number of nitrogens with zero attached hydrogens (tertiary/aromatic N) is 4. The number of likely N-dealkylation sites (tertiary alicyclic amines) is 4. The Bertz CT molecular complexity index is 4830. The van der Waals surface area contributed by atoms with Crippen molar-refractivity contribution in [2.24, 2.45) is 76.9 Å². The van der Waals surface area contributed by atoms with Crippen LogP contribution in [0.1, 0.15) is 456 Å². The number of hydrogen-bond acceptors (Lipinski definition) is 7. The lowest BCUT2D eigenvalue weighted by Gasteiger charge is -2.43. The smallest absolute Gasteiger partial charge is 0.0224 e. The summed E-state index contributed by atoms with van der Waals surface area (Å²) in [4.78, 5) is 10.4. The van der Waals surface area contributed by atoms with Crippen LogP contribution >= 0.6 is 0 Å². The van der Waals surface area contributed by atoms with E-state index in [1.54, 1.807) is 0 Å². The van der Waals surface area contributed by atoms with Crippen molar-refractivity contribution < 1.29 is 0 Å². The summed E-state index contributed by atoms with van der Waals surface area (Å²) in [5, 5.41) is 11.4. The monoisotopic (exact) mass is 1910 g/mol. The number of hydrogen-bond donors (Lipinski definition) is 3. The van der Waals surface area contributed by atoms with Gasteiger partial charge in [0, 0.05) is 101 Å². The zero-order chi connectivity index (χ0) is 103. The van der Waals surface area contributed by atoms with Crippen LogP contribution in [0, 0.1) is 105 Å². The van der Waals surface area contributed by atoms with E-state index in [0.29, 0.717) is 62.4 Å². The van der Waals surface area contributed by atoms with Crippen molar-refractivity contribution in [2.45, 2.75) is 517 Å². The van der Waals surface area contributed by atoms with Gasteiger partial charge in [-0.15, -0.1) is 0 Å². The Morgan fingerprint density at radius 3 is 0.614 bits per heavy atom. The standard InChI is InChI=1S/C22H41N.C22H29N.C21H39N.C21H27N.C16H31N.C16H25N.C15H23N/c2*1-16-7-9-17(10-8-16)18-11-13-19(14-12-18)20-15-21(2,3)23(6)22(20,4)5;2*1-15-6-8-16(9-7-15)17-10-12-18(13-11-17)19-14-20(2,3)22-21(19,4)5;2*1-12-7-9-13(10-8-12)14-11-15(2,3)17(6)16(14,4)5;1-11-6-8-12(9-7-11)13-10-14(2,3)16-15(13,4)5/h16-20H,7-15H2,1-6H3;7-14,20H,15H2,1-6H3;15-19,22H,6-14H2,1-5H3;6-13,19,22H,14H2,1-5H3;12-14H,7-11H2,1-6H3;7-10,14H,11H2,1-6H3;6-9,13,16H,10H2,1-5H3. The third-order valence-electron chi connectivity index (χ3n) is 41.5. The first-order valence-corrected chi connectivity index (χ1v) is 57.6. The summed E-state index contributed by atoms with van der Waals surface area (Å²) >= 11 is 0. The summed E-state index contributed by atoms with van der Waals surface area (Å²) in [6, 6.07) is 54.0. The molecule has 0 spiro atoms. The van der Waals surface area contributed by atoms with Crippen LogP contribution in [0.15, 0.2) is 146 Å². The SMILES string of the molecule is CC1CCC(C2CC(C)(C)N(C)C2(C)C)CC1.CC1CCC(C2CCC(C3CC(C)(C)N(C)C3(C)C)CC2)CC1.CC1CCC(C2CCC(C3CC(C)(C)NC3(C)C)CC2)CC1.Cc1ccc(-c2ccc(C3CC(C)(C)N(C)C3(C)C)cc2)cc1.Cc1ccc(-c2ccc(C3CC(C)(C)NC3(C)C)cc2)cc1.Cc1ccc(C2CC(C)(C)N(C)C2(C)C)cc1.Cc1ccc(C2CC(C)(C)NC2(C)C)cc1. The minimum absolute atomic E-state index is 0.148. The van der Waals surface area contributed by atoms with Gasteiger partial charge in [0.15, 0.2) is 0 Å². The lowest BCUT2D eigenvalue weighted by molar-refractivity contribution is 0.0644. The van der Waals surface area contributed by atoms with Crippen LogP contribution in [-0.4, -0.2) is 125 Å². The summed E-state index contributed by atoms with van der Waals surface area (Å²) < 4.78 is 0. The molecule has 5 saturated carbocycles. The van der Waals surface area contributed by atoms with Gasteiger partial charge < -0.3 is 16.0 Å². The van der Waals surface area contributed by atoms with Crippen molar-refractivity contribution in [3.05, 3.63) is 190 Å². The Morgan fingerprint density at radius 2 is 0.393 bits per heavy atom. The van der Waals surface area contributed by atoms with Gasteiger partial charge in [-0.25, -0.2) is 0 Å². The molecule has 12 aliphatic rings. The van der Waals surface area contributed by atoms with E-state index in [-0.39, 0.29) is 38.8 Å². The molecule has 7 heteroatoms. The molecule has 0 radical (unpaired) electrons. The van der Waals surface area contributed by atoms with Gasteiger partial charge in [0.1, 0.15) is 0 Å². The average Bonchev–Trinajstić information content (AvgIpc) is 1.60. The average molecular weight is 1910 g/mol. The Morgan fingerprint density at radius 1 is 0.200 bits per heavy atom. The lowest BCUT2D eigenvalue weighted by atomic mass is 9.65. The number of aryl methyl sites for hydroxylation is 4. The first kappa shape index (κ1) is 114. The summed E-state index contributed by atoms with van der Waals surface area (Å²) in [6.45, 7) is 82.6. The van der Waals surface area contributed by atoms with E-state index >= 15 is 0 Å². The number of likely N-dealkylation sites (N-methyl/N-ethyl adjacent to an activating group) is 2. The van der Waals surface area contributed by atoms with Crippen LogP contribution in [0.2, 0.25) is 0 Å². The highest BCUT2D eigenvalue weighted by Gasteiger charge is 2.57. The van der Waals surface area contributed by atoms with Crippen LogP contribution in [-0.2, 0) is 0 Å². The van der Waals surface area contributed by atoms with Crippen LogP contribution in [0.5, 0.6) is 0 Å². The minimum atomic E-state index is 0.148. The molecule has 140 heavy (non-hydrogen) atoms. The maximum Gasteiger partial charge on any atom is 0.0224 e. The fourth-order valence-electron chi connectivity index (χ4n) is 31.6. The molecule has 12 fully saturated rings. The third kappa shape index (κ3) is 27.2. The second kappa shape index (κ2) is 44.1. The third-order valence-corrected chi connectivity index (χ3v) is 41.5. The maximum absolute atomic E-state index is 3.90. The topological polar surface area (TPSA) is 49.1 Å². The molecular formula is C133H215N7. The molecule has 0 amide bonds. The van der Waals surface area contributed by atoms with Gasteiger partial charge in [0.05, 0.1) is 0 Å². The summed E-state index contributed by atoms with van der Waals surface area (Å²) in [5.74, 6) is 15.2. The Kier molecular flexibility index (Phi) is 35.8. The number of nitrogens with one attached hydrogen (secondary N) is 3. The maximum atomic E-state index is 3.90. The molecule has 6 aromatic rings. The zero-order valence-corrected chi connectivity index (χ0v) is 98.1. The van der Waals surface area contributed by atoms with E-state index < -0.39 is 0 Å². The first-order chi connectivity index (χ1) is 64.8. The van der Waals surface area contributed by atoms with E-state index in [2.05, 4.69) is 452 Å². The summed E-state index contributed by atoms with van der Waals surface area (Å²) in [7, 11) is 9.20. The van der Waals surface area contributed by atoms with Gasteiger partial charge in [0.2, 0.25) is 0 Å². The normalized spacial score (nSPS) is 33.1. The number of rotatable bonds is 11. The van der Waals surface area contributed by atoms with E-state index in [9.17, 15) is 0 Å². The molecule has 0 aromatic heterocycles. The molecule has 7 aliphatic heterocycles. The molecule has 7 unspecified atom stereocenters. The van der Waals surface area contributed by atoms with Gasteiger partial charge in [-0.1, -0.05) is 227 Å². The second-order valence-corrected chi connectivity index (χ2v) is 58.0. The molecule has 7 atom stereocenters. The molecule has 3 N–H and O–H groups in total. The highest BCUT2D eigenvalue weighted by Crippen LogP contribution is 2.58.